The van der Waals surface area contributed by atoms with Crippen molar-refractivity contribution in [3.63, 3.8) is 0 Å². The maximum Gasteiger partial charge on any atom is 0.328 e. The minimum absolute atomic E-state index is 0.136. The number of hydrogen-bond donors (Lipinski definition) is 1. The van der Waals surface area contributed by atoms with Crippen LogP contribution in [0.15, 0.2) is 24.3 Å². The predicted octanol–water partition coefficient (Wildman–Crippen LogP) is 3.79. The van der Waals surface area contributed by atoms with Crippen LogP contribution in [0, 0.1) is 0 Å². The van der Waals surface area contributed by atoms with E-state index < -0.39 is 5.97 Å². The zero-order chi connectivity index (χ0) is 13.3. The van der Waals surface area contributed by atoms with E-state index in [2.05, 4.69) is 39.0 Å². The molecule has 0 unspecified atom stereocenters. The van der Waals surface area contributed by atoms with Crippen LogP contribution in [-0.4, -0.2) is 11.1 Å². The minimum atomic E-state index is -0.849. The van der Waals surface area contributed by atoms with Crippen LogP contribution < -0.4 is 0 Å². The van der Waals surface area contributed by atoms with E-state index in [1.165, 1.54) is 17.2 Å². The van der Waals surface area contributed by atoms with Crippen molar-refractivity contribution < 1.29 is 9.90 Å². The smallest absolute Gasteiger partial charge is 0.328 e. The third-order valence-corrected chi connectivity index (χ3v) is 3.88. The number of benzene rings is 1. The molecular formula is C16H20O2. The lowest BCUT2D eigenvalue weighted by atomic mass is 9.70. The molecule has 2 nitrogen and oxygen atoms in total. The van der Waals surface area contributed by atoms with Gasteiger partial charge in [0.2, 0.25) is 0 Å². The molecule has 0 aromatic heterocycles. The highest BCUT2D eigenvalue weighted by atomic mass is 16.4. The Bertz CT molecular complexity index is 510. The van der Waals surface area contributed by atoms with Gasteiger partial charge in [0.15, 0.2) is 0 Å². The minimum Gasteiger partial charge on any atom is -0.478 e. The van der Waals surface area contributed by atoms with Crippen LogP contribution >= 0.6 is 0 Å². The average molecular weight is 244 g/mol. The lowest BCUT2D eigenvalue weighted by molar-refractivity contribution is -0.131. The van der Waals surface area contributed by atoms with Crippen molar-refractivity contribution in [2.45, 2.75) is 45.4 Å². The average Bonchev–Trinajstić information content (AvgIpc) is 2.32. The van der Waals surface area contributed by atoms with Crippen molar-refractivity contribution in [1.29, 1.82) is 0 Å². The number of rotatable bonds is 2. The van der Waals surface area contributed by atoms with Gasteiger partial charge < -0.3 is 5.11 Å². The van der Waals surface area contributed by atoms with Gasteiger partial charge in [0.05, 0.1) is 0 Å². The molecule has 0 aliphatic heterocycles. The second kappa shape index (κ2) is 4.60. The van der Waals surface area contributed by atoms with Gasteiger partial charge in [0.25, 0.3) is 0 Å². The Morgan fingerprint density at radius 3 is 2.78 bits per heavy atom. The molecule has 2 heteroatoms. The molecule has 0 fully saturated rings. The molecule has 0 bridgehead atoms. The van der Waals surface area contributed by atoms with Crippen molar-refractivity contribution in [1.82, 2.24) is 0 Å². The first-order valence-corrected chi connectivity index (χ1v) is 6.51. The molecule has 0 heterocycles. The first-order valence-electron chi connectivity index (χ1n) is 6.51. The Morgan fingerprint density at radius 1 is 1.44 bits per heavy atom. The number of aryl methyl sites for hydroxylation is 1. The Labute approximate surface area is 108 Å². The van der Waals surface area contributed by atoms with Crippen molar-refractivity contribution in [3.05, 3.63) is 41.0 Å². The molecule has 1 aromatic carbocycles. The number of aliphatic carboxylic acids is 1. The first kappa shape index (κ1) is 12.9. The molecule has 2 rings (SSSR count). The van der Waals surface area contributed by atoms with Gasteiger partial charge in [0, 0.05) is 6.08 Å². The molecule has 0 saturated heterocycles. The van der Waals surface area contributed by atoms with Gasteiger partial charge in [-0.15, -0.1) is 0 Å². The van der Waals surface area contributed by atoms with Crippen LogP contribution in [0.5, 0.6) is 0 Å². The Hall–Kier alpha value is -1.57. The van der Waals surface area contributed by atoms with Gasteiger partial charge in [-0.25, -0.2) is 4.79 Å². The molecule has 0 saturated carbocycles. The fourth-order valence-electron chi connectivity index (χ4n) is 2.68. The Balaban J connectivity index is 2.59. The summed E-state index contributed by atoms with van der Waals surface area (Å²) >= 11 is 0. The van der Waals surface area contributed by atoms with E-state index in [0.717, 1.165) is 30.4 Å². The maximum atomic E-state index is 10.9. The molecule has 0 radical (unpaired) electrons. The number of fused-ring (bicyclic) bond motifs is 1. The number of carbonyl (C=O) groups is 1. The van der Waals surface area contributed by atoms with E-state index in [4.69, 9.17) is 5.11 Å². The molecule has 0 amide bonds. The maximum absolute atomic E-state index is 10.9. The number of carboxylic acid groups (broad SMARTS) is 1. The molecule has 1 N–H and O–H groups in total. The highest BCUT2D eigenvalue weighted by Gasteiger charge is 2.29. The van der Waals surface area contributed by atoms with Crippen molar-refractivity contribution in [3.8, 4) is 0 Å². The van der Waals surface area contributed by atoms with E-state index in [0.29, 0.717) is 0 Å². The second-order valence-electron chi connectivity index (χ2n) is 5.63. The van der Waals surface area contributed by atoms with Crippen molar-refractivity contribution >= 4 is 11.5 Å². The second-order valence-corrected chi connectivity index (χ2v) is 5.63. The van der Waals surface area contributed by atoms with Crippen molar-refractivity contribution in [2.75, 3.05) is 0 Å². The van der Waals surface area contributed by atoms with Crippen molar-refractivity contribution in [2.24, 2.45) is 0 Å². The van der Waals surface area contributed by atoms with Crippen LogP contribution in [0.4, 0.5) is 0 Å². The molecule has 1 aliphatic carbocycles. The highest BCUT2D eigenvalue weighted by Crippen LogP contribution is 2.42. The number of allylic oxidation sites excluding steroid dienone is 1. The summed E-state index contributed by atoms with van der Waals surface area (Å²) in [5, 5.41) is 8.97. The van der Waals surface area contributed by atoms with Gasteiger partial charge in [-0.3, -0.25) is 0 Å². The van der Waals surface area contributed by atoms with Crippen LogP contribution in [0.2, 0.25) is 0 Å². The number of carboxylic acids is 1. The summed E-state index contributed by atoms with van der Waals surface area (Å²) < 4.78 is 0. The van der Waals surface area contributed by atoms with E-state index in [1.54, 1.807) is 0 Å². The third kappa shape index (κ3) is 2.33. The fraction of sp³-hybridized carbons (Fsp3) is 0.438. The largest absolute Gasteiger partial charge is 0.478 e. The zero-order valence-electron chi connectivity index (χ0n) is 11.3. The molecule has 0 atom stereocenters. The number of hydrogen-bond acceptors (Lipinski definition) is 1. The van der Waals surface area contributed by atoms with Gasteiger partial charge in [-0.05, 0) is 46.9 Å². The summed E-state index contributed by atoms with van der Waals surface area (Å²) in [5.74, 6) is -0.849. The van der Waals surface area contributed by atoms with Crippen LogP contribution in [-0.2, 0) is 16.6 Å². The molecule has 18 heavy (non-hydrogen) atoms. The third-order valence-electron chi connectivity index (χ3n) is 3.88. The fourth-order valence-corrected chi connectivity index (χ4v) is 2.68. The lowest BCUT2D eigenvalue weighted by Crippen LogP contribution is -2.23. The Kier molecular flexibility index (Phi) is 3.29. The zero-order valence-corrected chi connectivity index (χ0v) is 11.3. The molecule has 1 aliphatic rings. The summed E-state index contributed by atoms with van der Waals surface area (Å²) in [4.78, 5) is 10.9. The lowest BCUT2D eigenvalue weighted by Gasteiger charge is -2.34. The summed E-state index contributed by atoms with van der Waals surface area (Å²) in [6.45, 7) is 6.58. The normalized spacial score (nSPS) is 19.6. The quantitative estimate of drug-likeness (QED) is 0.804. The topological polar surface area (TPSA) is 37.3 Å². The Morgan fingerprint density at radius 2 is 2.17 bits per heavy atom. The first-order chi connectivity index (χ1) is 8.44. The summed E-state index contributed by atoms with van der Waals surface area (Å²) in [7, 11) is 0. The van der Waals surface area contributed by atoms with Gasteiger partial charge >= 0.3 is 5.97 Å². The van der Waals surface area contributed by atoms with Crippen LogP contribution in [0.3, 0.4) is 0 Å². The van der Waals surface area contributed by atoms with Crippen LogP contribution in [0.25, 0.3) is 5.57 Å². The van der Waals surface area contributed by atoms with E-state index in [1.807, 2.05) is 0 Å². The summed E-state index contributed by atoms with van der Waals surface area (Å²) in [6, 6.07) is 6.48. The standard InChI is InChI=1S/C16H20O2/c1-4-11-5-6-14-13(9-11)12(10-15(17)18)7-8-16(14,2)3/h5-6,9-10H,4,7-8H2,1-3H3,(H,17,18)/b12-10+. The molecule has 96 valence electrons. The van der Waals surface area contributed by atoms with Gasteiger partial charge in [-0.1, -0.05) is 39.0 Å². The monoisotopic (exact) mass is 244 g/mol. The predicted molar refractivity (Wildman–Crippen MR) is 73.7 cm³/mol. The van der Waals surface area contributed by atoms with E-state index in [9.17, 15) is 4.79 Å². The van der Waals surface area contributed by atoms with E-state index in [-0.39, 0.29) is 5.41 Å². The van der Waals surface area contributed by atoms with Gasteiger partial charge in [0.1, 0.15) is 0 Å². The van der Waals surface area contributed by atoms with Crippen LogP contribution in [0.1, 0.15) is 50.3 Å². The molecule has 0 spiro atoms. The highest BCUT2D eigenvalue weighted by molar-refractivity contribution is 5.91. The summed E-state index contributed by atoms with van der Waals surface area (Å²) in [6.07, 6.45) is 4.20. The summed E-state index contributed by atoms with van der Waals surface area (Å²) in [5.41, 5.74) is 4.78. The SMILES string of the molecule is CCc1ccc2c(c1)/C(=C/C(=O)O)CCC2(C)C. The van der Waals surface area contributed by atoms with Gasteiger partial charge in [-0.2, -0.15) is 0 Å². The molecular weight excluding hydrogens is 224 g/mol. The molecule has 1 aromatic rings. The van der Waals surface area contributed by atoms with E-state index >= 15 is 0 Å².